The molecular formula is C9H19N3O. The topological polar surface area (TPSA) is 49.6 Å². The Bertz CT molecular complexity index is 172. The van der Waals surface area contributed by atoms with Crippen LogP contribution in [0.4, 0.5) is 0 Å². The van der Waals surface area contributed by atoms with Gasteiger partial charge >= 0.3 is 0 Å². The number of nitrogens with zero attached hydrogens (tertiary/aromatic N) is 2. The van der Waals surface area contributed by atoms with Crippen LogP contribution in [0.5, 0.6) is 0 Å². The summed E-state index contributed by atoms with van der Waals surface area (Å²) in [6.45, 7) is 6.98. The summed E-state index contributed by atoms with van der Waals surface area (Å²) in [5.74, 6) is 0.255. The van der Waals surface area contributed by atoms with Crippen molar-refractivity contribution in [2.45, 2.75) is 13.3 Å². The number of hydrogen-bond donors (Lipinski definition) is 1. The van der Waals surface area contributed by atoms with Gasteiger partial charge in [0.1, 0.15) is 0 Å². The molecule has 0 aliphatic carbocycles. The summed E-state index contributed by atoms with van der Waals surface area (Å²) in [5, 5.41) is 0. The van der Waals surface area contributed by atoms with E-state index in [0.717, 1.165) is 32.6 Å². The number of nitrogens with two attached hydrogens (primary N) is 1. The fourth-order valence-corrected chi connectivity index (χ4v) is 1.60. The van der Waals surface area contributed by atoms with Gasteiger partial charge in [0.25, 0.3) is 0 Å². The van der Waals surface area contributed by atoms with Crippen molar-refractivity contribution in [2.75, 3.05) is 39.3 Å². The molecule has 0 bridgehead atoms. The van der Waals surface area contributed by atoms with Gasteiger partial charge < -0.3 is 10.6 Å². The van der Waals surface area contributed by atoms with Gasteiger partial charge in [0.2, 0.25) is 5.91 Å². The maximum Gasteiger partial charge on any atom is 0.236 e. The van der Waals surface area contributed by atoms with Crippen LogP contribution in [0.25, 0.3) is 0 Å². The molecule has 76 valence electrons. The first-order valence-corrected chi connectivity index (χ1v) is 4.98. The summed E-state index contributed by atoms with van der Waals surface area (Å²) < 4.78 is 0. The largest absolute Gasteiger partial charge is 0.341 e. The van der Waals surface area contributed by atoms with Gasteiger partial charge in [-0.2, -0.15) is 0 Å². The van der Waals surface area contributed by atoms with Gasteiger partial charge in [0, 0.05) is 19.6 Å². The average molecular weight is 185 g/mol. The first-order chi connectivity index (χ1) is 6.27. The molecule has 1 aliphatic rings. The number of likely N-dealkylation sites (N-methyl/N-ethyl adjacent to an activating group) is 1. The highest BCUT2D eigenvalue weighted by Crippen LogP contribution is 2.02. The van der Waals surface area contributed by atoms with E-state index in [1.807, 2.05) is 11.8 Å². The van der Waals surface area contributed by atoms with Crippen molar-refractivity contribution >= 4 is 5.91 Å². The van der Waals surface area contributed by atoms with Crippen LogP contribution in [-0.4, -0.2) is 55.0 Å². The predicted molar refractivity (Wildman–Crippen MR) is 52.4 cm³/mol. The van der Waals surface area contributed by atoms with Gasteiger partial charge in [-0.05, 0) is 26.4 Å². The van der Waals surface area contributed by atoms with Gasteiger partial charge in [-0.25, -0.2) is 0 Å². The van der Waals surface area contributed by atoms with Crippen LogP contribution >= 0.6 is 0 Å². The van der Waals surface area contributed by atoms with Crippen LogP contribution in [0, 0.1) is 0 Å². The molecule has 0 aromatic heterocycles. The number of carbonyl (C=O) groups excluding carboxylic acids is 1. The Kier molecular flexibility index (Phi) is 4.18. The molecule has 1 amide bonds. The minimum atomic E-state index is 0.255. The minimum Gasteiger partial charge on any atom is -0.341 e. The third-order valence-electron chi connectivity index (χ3n) is 2.46. The Morgan fingerprint density at radius 2 is 2.23 bits per heavy atom. The monoisotopic (exact) mass is 185 g/mol. The lowest BCUT2D eigenvalue weighted by Crippen LogP contribution is -2.50. The Balaban J connectivity index is 2.28. The minimum absolute atomic E-state index is 0.255. The lowest BCUT2D eigenvalue weighted by Gasteiger charge is -2.33. The van der Waals surface area contributed by atoms with Gasteiger partial charge in [0.05, 0.1) is 6.54 Å². The van der Waals surface area contributed by atoms with E-state index < -0.39 is 0 Å². The molecule has 4 heteroatoms. The van der Waals surface area contributed by atoms with Gasteiger partial charge in [0.15, 0.2) is 0 Å². The number of carbonyl (C=O) groups is 1. The summed E-state index contributed by atoms with van der Waals surface area (Å²) in [4.78, 5) is 15.5. The second-order valence-corrected chi connectivity index (χ2v) is 3.39. The smallest absolute Gasteiger partial charge is 0.236 e. The number of hydrogen-bond acceptors (Lipinski definition) is 3. The average Bonchev–Trinajstić information content (AvgIpc) is 2.15. The fourth-order valence-electron chi connectivity index (χ4n) is 1.60. The number of amides is 1. The number of piperazine rings is 1. The summed E-state index contributed by atoms with van der Waals surface area (Å²) in [5.41, 5.74) is 5.41. The third kappa shape index (κ3) is 2.97. The van der Waals surface area contributed by atoms with Gasteiger partial charge in [-0.1, -0.05) is 0 Å². The highest BCUT2D eigenvalue weighted by atomic mass is 16.2. The van der Waals surface area contributed by atoms with Crippen LogP contribution in [0.3, 0.4) is 0 Å². The van der Waals surface area contributed by atoms with Crippen molar-refractivity contribution in [2.24, 2.45) is 5.73 Å². The second-order valence-electron chi connectivity index (χ2n) is 3.39. The first kappa shape index (κ1) is 10.5. The quantitative estimate of drug-likeness (QED) is 0.642. The molecule has 1 saturated heterocycles. The normalized spacial score (nSPS) is 19.5. The van der Waals surface area contributed by atoms with Crippen molar-refractivity contribution in [3.05, 3.63) is 0 Å². The van der Waals surface area contributed by atoms with Crippen LogP contribution in [-0.2, 0) is 4.79 Å². The van der Waals surface area contributed by atoms with E-state index in [4.69, 9.17) is 5.73 Å². The Morgan fingerprint density at radius 3 is 2.77 bits per heavy atom. The summed E-state index contributed by atoms with van der Waals surface area (Å²) in [6, 6.07) is 0. The Hall–Kier alpha value is -0.610. The summed E-state index contributed by atoms with van der Waals surface area (Å²) >= 11 is 0. The maximum atomic E-state index is 11.5. The Morgan fingerprint density at radius 1 is 1.46 bits per heavy atom. The molecule has 0 atom stereocenters. The maximum absolute atomic E-state index is 11.5. The van der Waals surface area contributed by atoms with E-state index in [0.29, 0.717) is 13.1 Å². The fraction of sp³-hybridized carbons (Fsp3) is 0.889. The van der Waals surface area contributed by atoms with Crippen LogP contribution in [0.2, 0.25) is 0 Å². The molecule has 0 saturated carbocycles. The van der Waals surface area contributed by atoms with E-state index in [2.05, 4.69) is 4.90 Å². The zero-order chi connectivity index (χ0) is 9.68. The van der Waals surface area contributed by atoms with E-state index >= 15 is 0 Å². The highest BCUT2D eigenvalue weighted by molar-refractivity contribution is 5.78. The standard InChI is InChI=1S/C9H19N3O/c1-2-12-7-6-11(5-3-4-10)8-9(12)13/h2-8,10H2,1H3. The summed E-state index contributed by atoms with van der Waals surface area (Å²) in [6.07, 6.45) is 0.986. The molecule has 1 fully saturated rings. The molecule has 1 rings (SSSR count). The predicted octanol–water partition coefficient (Wildman–Crippen LogP) is -0.501. The van der Waals surface area contributed by atoms with Crippen molar-refractivity contribution in [3.8, 4) is 0 Å². The van der Waals surface area contributed by atoms with Gasteiger partial charge in [-0.3, -0.25) is 9.69 Å². The van der Waals surface area contributed by atoms with E-state index in [-0.39, 0.29) is 5.91 Å². The molecule has 13 heavy (non-hydrogen) atoms. The number of rotatable bonds is 4. The zero-order valence-electron chi connectivity index (χ0n) is 8.33. The lowest BCUT2D eigenvalue weighted by molar-refractivity contribution is -0.135. The van der Waals surface area contributed by atoms with E-state index in [1.165, 1.54) is 0 Å². The van der Waals surface area contributed by atoms with Crippen LogP contribution < -0.4 is 5.73 Å². The molecule has 0 radical (unpaired) electrons. The van der Waals surface area contributed by atoms with Crippen molar-refractivity contribution in [1.29, 1.82) is 0 Å². The summed E-state index contributed by atoms with van der Waals surface area (Å²) in [7, 11) is 0. The van der Waals surface area contributed by atoms with Crippen molar-refractivity contribution in [3.63, 3.8) is 0 Å². The molecule has 0 spiro atoms. The molecule has 0 unspecified atom stereocenters. The zero-order valence-corrected chi connectivity index (χ0v) is 8.33. The molecule has 1 aliphatic heterocycles. The van der Waals surface area contributed by atoms with E-state index in [9.17, 15) is 4.79 Å². The van der Waals surface area contributed by atoms with Crippen LogP contribution in [0.15, 0.2) is 0 Å². The van der Waals surface area contributed by atoms with E-state index in [1.54, 1.807) is 0 Å². The lowest BCUT2D eigenvalue weighted by atomic mass is 10.3. The molecule has 0 aromatic rings. The molecule has 2 N–H and O–H groups in total. The third-order valence-corrected chi connectivity index (χ3v) is 2.46. The van der Waals surface area contributed by atoms with Crippen molar-refractivity contribution in [1.82, 2.24) is 9.80 Å². The molecule has 1 heterocycles. The van der Waals surface area contributed by atoms with Gasteiger partial charge in [-0.15, -0.1) is 0 Å². The first-order valence-electron chi connectivity index (χ1n) is 4.98. The highest BCUT2D eigenvalue weighted by Gasteiger charge is 2.21. The molecule has 0 aromatic carbocycles. The van der Waals surface area contributed by atoms with Crippen molar-refractivity contribution < 1.29 is 4.79 Å². The second kappa shape index (κ2) is 5.19. The molecule has 4 nitrogen and oxygen atoms in total. The SMILES string of the molecule is CCN1CCN(CCCN)CC1=O. The molecular weight excluding hydrogens is 166 g/mol. The Labute approximate surface area is 79.7 Å². The van der Waals surface area contributed by atoms with Crippen LogP contribution in [0.1, 0.15) is 13.3 Å².